The lowest BCUT2D eigenvalue weighted by atomic mass is 10.0. The van der Waals surface area contributed by atoms with E-state index >= 15 is 0 Å². The molecule has 53 heavy (non-hydrogen) atoms. The molecule has 1 saturated heterocycles. The third-order valence-electron chi connectivity index (χ3n) is 9.26. The molecule has 19 nitrogen and oxygen atoms in total. The molecule has 2 aromatic heterocycles. The Morgan fingerprint density at radius 2 is 1.75 bits per heavy atom. The van der Waals surface area contributed by atoms with Gasteiger partial charge in [-0.1, -0.05) is 18.2 Å². The summed E-state index contributed by atoms with van der Waals surface area (Å²) >= 11 is 0. The Morgan fingerprint density at radius 3 is 2.45 bits per heavy atom. The first-order valence-electron chi connectivity index (χ1n) is 17.4. The Balaban J connectivity index is 1.45. The minimum absolute atomic E-state index is 0.00529. The van der Waals surface area contributed by atoms with Crippen molar-refractivity contribution >= 4 is 40.6 Å². The summed E-state index contributed by atoms with van der Waals surface area (Å²) in [7, 11) is 1.43. The maximum atomic E-state index is 13.8. The highest BCUT2D eigenvalue weighted by Gasteiger charge is 2.35. The number of carbonyl (C=O) groups excluding carboxylic acids is 4. The van der Waals surface area contributed by atoms with Crippen LogP contribution in [0, 0.1) is 0 Å². The van der Waals surface area contributed by atoms with E-state index in [2.05, 4.69) is 31.2 Å². The quantitative estimate of drug-likeness (QED) is 0.0683. The van der Waals surface area contributed by atoms with Gasteiger partial charge in [-0.05, 0) is 57.2 Å². The molecule has 288 valence electrons. The van der Waals surface area contributed by atoms with Crippen LogP contribution in [0.3, 0.4) is 0 Å². The standard InChI is InChI=1S/C34H48N10O9/c1-19(43(2)27(46)16-36)29(31(48)38-18-21-10-11-28(53-21)44-14-12-26(45)41-34(44)52)42-30(47)24(9-5-6-13-35)39-33(51)40-25(32(49)50)15-20-17-37-23-8-4-3-7-22(20)23/h3-4,7-8,12,14,17,19,21,24-25,28-29,37H,5-6,9-11,13,15-16,18,35-36H2,1-2H3,(H,38,48)(H,42,47)(H,49,50)(H2,39,40,51)(H,41,45,52)/t19-,21?,24-,25-,28+,29-/m0/s1. The van der Waals surface area contributed by atoms with Crippen LogP contribution >= 0.6 is 0 Å². The number of H-pyrrole nitrogens is 2. The number of hydrogen-bond donors (Lipinski definition) is 9. The summed E-state index contributed by atoms with van der Waals surface area (Å²) in [5.41, 5.74) is 11.5. The van der Waals surface area contributed by atoms with Crippen molar-refractivity contribution in [1.82, 2.24) is 40.7 Å². The first-order chi connectivity index (χ1) is 25.3. The highest BCUT2D eigenvalue weighted by Crippen LogP contribution is 2.26. The van der Waals surface area contributed by atoms with Gasteiger partial charge in [0.25, 0.3) is 5.56 Å². The molecule has 0 spiro atoms. The number of carbonyl (C=O) groups is 5. The van der Waals surface area contributed by atoms with Gasteiger partial charge in [0, 0.05) is 49.4 Å². The van der Waals surface area contributed by atoms with Gasteiger partial charge in [0.1, 0.15) is 24.4 Å². The van der Waals surface area contributed by atoms with E-state index in [-0.39, 0.29) is 25.9 Å². The van der Waals surface area contributed by atoms with Gasteiger partial charge in [-0.3, -0.25) is 28.7 Å². The molecule has 1 aromatic carbocycles. The van der Waals surface area contributed by atoms with E-state index in [1.807, 2.05) is 24.3 Å². The van der Waals surface area contributed by atoms with Crippen molar-refractivity contribution in [3.05, 3.63) is 69.1 Å². The number of nitrogens with zero attached hydrogens (tertiary/aromatic N) is 2. The van der Waals surface area contributed by atoms with Crippen molar-refractivity contribution in [3.63, 3.8) is 0 Å². The molecule has 6 atom stereocenters. The molecule has 5 amide bonds. The number of hydrogen-bond acceptors (Lipinski definition) is 10. The molecule has 0 saturated carbocycles. The molecule has 19 heteroatoms. The summed E-state index contributed by atoms with van der Waals surface area (Å²) in [5.74, 6) is -3.19. The van der Waals surface area contributed by atoms with E-state index in [0.29, 0.717) is 37.8 Å². The Labute approximate surface area is 304 Å². The number of rotatable bonds is 18. The van der Waals surface area contributed by atoms with Crippen LogP contribution in [-0.2, 0) is 30.3 Å². The number of nitrogens with one attached hydrogen (secondary N) is 6. The van der Waals surface area contributed by atoms with E-state index < -0.39 is 77.5 Å². The number of aliphatic carboxylic acids is 1. The second-order valence-corrected chi connectivity index (χ2v) is 12.9. The summed E-state index contributed by atoms with van der Waals surface area (Å²) < 4.78 is 7.18. The van der Waals surface area contributed by atoms with Crippen LogP contribution < -0.4 is 44.0 Å². The molecule has 3 heterocycles. The molecule has 4 rings (SSSR count). The van der Waals surface area contributed by atoms with Crippen molar-refractivity contribution in [2.75, 3.05) is 26.7 Å². The number of carboxylic acids is 1. The predicted molar refractivity (Wildman–Crippen MR) is 192 cm³/mol. The first-order valence-corrected chi connectivity index (χ1v) is 17.4. The zero-order valence-electron chi connectivity index (χ0n) is 29.6. The van der Waals surface area contributed by atoms with Gasteiger partial charge in [-0.2, -0.15) is 0 Å². The van der Waals surface area contributed by atoms with E-state index in [9.17, 15) is 38.7 Å². The number of aromatic amines is 2. The molecule has 1 fully saturated rings. The van der Waals surface area contributed by atoms with Crippen LogP contribution in [0.15, 0.2) is 52.3 Å². The lowest BCUT2D eigenvalue weighted by molar-refractivity contribution is -0.139. The highest BCUT2D eigenvalue weighted by atomic mass is 16.5. The summed E-state index contributed by atoms with van der Waals surface area (Å²) in [6, 6.07) is 2.84. The monoisotopic (exact) mass is 740 g/mol. The number of likely N-dealkylation sites (N-methyl/N-ethyl adjacent to an activating group) is 1. The van der Waals surface area contributed by atoms with Crippen molar-refractivity contribution in [2.24, 2.45) is 11.5 Å². The van der Waals surface area contributed by atoms with Gasteiger partial charge in [0.2, 0.25) is 17.7 Å². The van der Waals surface area contributed by atoms with E-state index in [0.717, 1.165) is 10.9 Å². The van der Waals surface area contributed by atoms with Crippen molar-refractivity contribution in [3.8, 4) is 0 Å². The molecule has 0 radical (unpaired) electrons. The Bertz CT molecular complexity index is 1870. The lowest BCUT2D eigenvalue weighted by Gasteiger charge is -2.33. The molecule has 3 aromatic rings. The Kier molecular flexibility index (Phi) is 14.3. The number of aromatic nitrogens is 3. The minimum atomic E-state index is -1.34. The van der Waals surface area contributed by atoms with Gasteiger partial charge in [0.15, 0.2) is 0 Å². The predicted octanol–water partition coefficient (Wildman–Crippen LogP) is -1.41. The van der Waals surface area contributed by atoms with E-state index in [1.165, 1.54) is 28.8 Å². The van der Waals surface area contributed by atoms with Crippen LogP contribution in [0.5, 0.6) is 0 Å². The number of ether oxygens (including phenoxy) is 1. The lowest BCUT2D eigenvalue weighted by Crippen LogP contribution is -2.62. The van der Waals surface area contributed by atoms with Gasteiger partial charge >= 0.3 is 17.7 Å². The SMILES string of the molecule is C[C@@H]([C@H](NC(=O)[C@H](CCCCN)NC(=O)N[C@@H](Cc1c[nH]c2ccccc12)C(=O)O)C(=O)NCC1CC[C@H](n2ccc(=O)[nH]c2=O)O1)N(C)C(=O)CN. The third-order valence-corrected chi connectivity index (χ3v) is 9.26. The number of urea groups is 1. The molecular weight excluding hydrogens is 692 g/mol. The largest absolute Gasteiger partial charge is 0.480 e. The van der Waals surface area contributed by atoms with Crippen LogP contribution in [0.1, 0.15) is 50.8 Å². The smallest absolute Gasteiger partial charge is 0.330 e. The van der Waals surface area contributed by atoms with Crippen molar-refractivity contribution in [2.45, 2.75) is 81.9 Å². The van der Waals surface area contributed by atoms with Crippen LogP contribution in [-0.4, -0.2) is 111 Å². The van der Waals surface area contributed by atoms with Crippen LogP contribution in [0.4, 0.5) is 4.79 Å². The fourth-order valence-electron chi connectivity index (χ4n) is 6.11. The minimum Gasteiger partial charge on any atom is -0.480 e. The molecule has 1 unspecified atom stereocenters. The number of benzene rings is 1. The zero-order valence-corrected chi connectivity index (χ0v) is 29.6. The third kappa shape index (κ3) is 10.7. The van der Waals surface area contributed by atoms with Gasteiger partial charge < -0.3 is 52.5 Å². The molecule has 1 aliphatic heterocycles. The van der Waals surface area contributed by atoms with Crippen LogP contribution in [0.25, 0.3) is 10.9 Å². The number of para-hydroxylation sites is 1. The maximum Gasteiger partial charge on any atom is 0.330 e. The molecule has 1 aliphatic rings. The summed E-state index contributed by atoms with van der Waals surface area (Å²) in [6.07, 6.45) is 3.73. The first kappa shape index (κ1) is 40.2. The Hall–Kier alpha value is -5.53. The van der Waals surface area contributed by atoms with Crippen molar-refractivity contribution < 1.29 is 33.8 Å². The van der Waals surface area contributed by atoms with Crippen LogP contribution in [0.2, 0.25) is 0 Å². The number of unbranched alkanes of at least 4 members (excludes halogenated alkanes) is 1. The zero-order chi connectivity index (χ0) is 38.7. The number of amides is 5. The fraction of sp³-hybridized carbons (Fsp3) is 0.500. The van der Waals surface area contributed by atoms with E-state index in [4.69, 9.17) is 16.2 Å². The molecule has 0 aliphatic carbocycles. The fourth-order valence-corrected chi connectivity index (χ4v) is 6.11. The normalized spacial score (nSPS) is 17.7. The topological polar surface area (TPSA) is 289 Å². The number of fused-ring (bicyclic) bond motifs is 1. The molecule has 0 bridgehead atoms. The summed E-state index contributed by atoms with van der Waals surface area (Å²) in [6.45, 7) is 1.52. The average Bonchev–Trinajstić information content (AvgIpc) is 3.78. The molecular formula is C34H48N10O9. The van der Waals surface area contributed by atoms with Gasteiger partial charge in [-0.15, -0.1) is 0 Å². The highest BCUT2D eigenvalue weighted by molar-refractivity contribution is 5.93. The molecule has 11 N–H and O–H groups in total. The average molecular weight is 741 g/mol. The van der Waals surface area contributed by atoms with Gasteiger partial charge in [-0.25, -0.2) is 14.4 Å². The Morgan fingerprint density at radius 1 is 1.02 bits per heavy atom. The second kappa shape index (κ2) is 18.8. The van der Waals surface area contributed by atoms with Gasteiger partial charge in [0.05, 0.1) is 18.7 Å². The van der Waals surface area contributed by atoms with Crippen molar-refractivity contribution in [1.29, 1.82) is 0 Å². The maximum absolute atomic E-state index is 13.8. The summed E-state index contributed by atoms with van der Waals surface area (Å²) in [4.78, 5) is 95.5. The second-order valence-electron chi connectivity index (χ2n) is 12.9. The summed E-state index contributed by atoms with van der Waals surface area (Å²) in [5, 5.41) is 21.1. The number of nitrogens with two attached hydrogens (primary N) is 2. The number of carboxylic acid groups (broad SMARTS) is 1. The van der Waals surface area contributed by atoms with E-state index in [1.54, 1.807) is 13.1 Å².